The van der Waals surface area contributed by atoms with Gasteiger partial charge in [-0.05, 0) is 66.1 Å². The molecule has 0 atom stereocenters. The molecule has 3 aromatic rings. The number of aromatic carboxylic acids is 1. The third kappa shape index (κ3) is 4.16. The van der Waals surface area contributed by atoms with E-state index in [2.05, 4.69) is 43.3 Å². The van der Waals surface area contributed by atoms with Crippen molar-refractivity contribution >= 4 is 5.97 Å². The first-order valence-electron chi connectivity index (χ1n) is 8.61. The van der Waals surface area contributed by atoms with Crippen LogP contribution >= 0.6 is 0 Å². The molecule has 0 saturated heterocycles. The first-order valence-corrected chi connectivity index (χ1v) is 8.61. The van der Waals surface area contributed by atoms with Crippen LogP contribution in [0.1, 0.15) is 33.5 Å². The molecule has 3 aromatic carbocycles. The predicted octanol–water partition coefficient (Wildman–Crippen LogP) is 5.54. The van der Waals surface area contributed by atoms with E-state index < -0.39 is 5.97 Å². The molecule has 0 amide bonds. The summed E-state index contributed by atoms with van der Waals surface area (Å²) in [4.78, 5) is 11.2. The van der Waals surface area contributed by atoms with Crippen LogP contribution in [-0.4, -0.2) is 11.1 Å². The normalized spacial score (nSPS) is 10.6. The fraction of sp³-hybridized carbons (Fsp3) is 0.174. The maximum Gasteiger partial charge on any atom is 0.335 e. The second-order valence-corrected chi connectivity index (χ2v) is 6.32. The van der Waals surface area contributed by atoms with Crippen LogP contribution in [0.2, 0.25) is 0 Å². The number of carboxylic acid groups (broad SMARTS) is 1. The van der Waals surface area contributed by atoms with Crippen molar-refractivity contribution < 1.29 is 9.90 Å². The molecular formula is C23H22O2. The molecule has 0 aliphatic rings. The van der Waals surface area contributed by atoms with Crippen molar-refractivity contribution in [3.8, 4) is 11.1 Å². The zero-order valence-electron chi connectivity index (χ0n) is 14.4. The molecule has 1 N–H and O–H groups in total. The van der Waals surface area contributed by atoms with Crippen LogP contribution in [0, 0.1) is 6.92 Å². The van der Waals surface area contributed by atoms with E-state index in [-0.39, 0.29) is 0 Å². The van der Waals surface area contributed by atoms with Crippen molar-refractivity contribution in [3.05, 3.63) is 95.1 Å². The first-order chi connectivity index (χ1) is 12.1. The summed E-state index contributed by atoms with van der Waals surface area (Å²) in [5.74, 6) is -0.890. The molecule has 0 aliphatic carbocycles. The van der Waals surface area contributed by atoms with E-state index in [1.807, 2.05) is 24.3 Å². The molecular weight excluding hydrogens is 308 g/mol. The maximum absolute atomic E-state index is 11.2. The van der Waals surface area contributed by atoms with Crippen LogP contribution < -0.4 is 0 Å². The molecule has 0 radical (unpaired) electrons. The van der Waals surface area contributed by atoms with E-state index in [0.717, 1.165) is 30.4 Å². The van der Waals surface area contributed by atoms with Gasteiger partial charge < -0.3 is 5.11 Å². The highest BCUT2D eigenvalue weighted by atomic mass is 16.4. The van der Waals surface area contributed by atoms with Crippen LogP contribution in [0.3, 0.4) is 0 Å². The summed E-state index contributed by atoms with van der Waals surface area (Å²) >= 11 is 0. The quantitative estimate of drug-likeness (QED) is 0.644. The van der Waals surface area contributed by atoms with Gasteiger partial charge in [-0.3, -0.25) is 0 Å². The van der Waals surface area contributed by atoms with Crippen molar-refractivity contribution in [2.45, 2.75) is 26.2 Å². The van der Waals surface area contributed by atoms with Gasteiger partial charge in [0.05, 0.1) is 5.56 Å². The number of hydrogen-bond donors (Lipinski definition) is 1. The van der Waals surface area contributed by atoms with Gasteiger partial charge in [0.25, 0.3) is 0 Å². The summed E-state index contributed by atoms with van der Waals surface area (Å²) in [6, 6.07) is 24.0. The van der Waals surface area contributed by atoms with E-state index in [0.29, 0.717) is 5.56 Å². The molecule has 0 saturated carbocycles. The van der Waals surface area contributed by atoms with Gasteiger partial charge in [0.15, 0.2) is 0 Å². The third-order valence-corrected chi connectivity index (χ3v) is 4.59. The molecule has 0 spiro atoms. The smallest absolute Gasteiger partial charge is 0.335 e. The number of rotatable bonds is 6. The molecule has 25 heavy (non-hydrogen) atoms. The van der Waals surface area contributed by atoms with Crippen molar-refractivity contribution in [2.75, 3.05) is 0 Å². The van der Waals surface area contributed by atoms with Crippen molar-refractivity contribution in [3.63, 3.8) is 0 Å². The second-order valence-electron chi connectivity index (χ2n) is 6.32. The minimum absolute atomic E-state index is 0.326. The van der Waals surface area contributed by atoms with Gasteiger partial charge in [-0.15, -0.1) is 0 Å². The fourth-order valence-corrected chi connectivity index (χ4v) is 3.20. The van der Waals surface area contributed by atoms with Gasteiger partial charge in [-0.1, -0.05) is 60.7 Å². The molecule has 0 heterocycles. The highest BCUT2D eigenvalue weighted by Crippen LogP contribution is 2.26. The Morgan fingerprint density at radius 1 is 0.840 bits per heavy atom. The molecule has 2 nitrogen and oxygen atoms in total. The summed E-state index contributed by atoms with van der Waals surface area (Å²) in [6.07, 6.45) is 3.10. The van der Waals surface area contributed by atoms with Crippen molar-refractivity contribution in [1.82, 2.24) is 0 Å². The Balaban J connectivity index is 1.78. The largest absolute Gasteiger partial charge is 0.478 e. The van der Waals surface area contributed by atoms with Gasteiger partial charge in [-0.2, -0.15) is 0 Å². The Kier molecular flexibility index (Phi) is 5.30. The minimum atomic E-state index is -0.890. The Hall–Kier alpha value is -2.87. The molecule has 0 bridgehead atoms. The molecule has 0 aromatic heterocycles. The summed E-state index contributed by atoms with van der Waals surface area (Å²) in [6.45, 7) is 2.15. The zero-order chi connectivity index (χ0) is 17.6. The number of carboxylic acids is 1. The molecule has 0 unspecified atom stereocenters. The highest BCUT2D eigenvalue weighted by Gasteiger charge is 2.08. The average Bonchev–Trinajstić information content (AvgIpc) is 2.64. The number of aryl methyl sites for hydroxylation is 3. The fourth-order valence-electron chi connectivity index (χ4n) is 3.20. The van der Waals surface area contributed by atoms with E-state index in [4.69, 9.17) is 0 Å². The van der Waals surface area contributed by atoms with E-state index >= 15 is 0 Å². The van der Waals surface area contributed by atoms with Crippen molar-refractivity contribution in [2.24, 2.45) is 0 Å². The summed E-state index contributed by atoms with van der Waals surface area (Å²) in [5, 5.41) is 9.22. The lowest BCUT2D eigenvalue weighted by molar-refractivity contribution is 0.0697. The number of benzene rings is 3. The second kappa shape index (κ2) is 7.80. The van der Waals surface area contributed by atoms with Crippen LogP contribution in [0.5, 0.6) is 0 Å². The van der Waals surface area contributed by atoms with E-state index in [1.54, 1.807) is 12.1 Å². The lowest BCUT2D eigenvalue weighted by Crippen LogP contribution is -1.97. The Morgan fingerprint density at radius 3 is 2.28 bits per heavy atom. The monoisotopic (exact) mass is 330 g/mol. The third-order valence-electron chi connectivity index (χ3n) is 4.59. The summed E-state index contributed by atoms with van der Waals surface area (Å²) in [5.41, 5.74) is 6.41. The molecule has 2 heteroatoms. The SMILES string of the molecule is Cc1ccccc1CCCc1ccccc1-c1cccc(C(=O)O)c1. The maximum atomic E-state index is 11.2. The number of carbonyl (C=O) groups is 1. The summed E-state index contributed by atoms with van der Waals surface area (Å²) < 4.78 is 0. The van der Waals surface area contributed by atoms with Gasteiger partial charge in [0, 0.05) is 0 Å². The first kappa shape index (κ1) is 17.0. The highest BCUT2D eigenvalue weighted by molar-refractivity contribution is 5.89. The lowest BCUT2D eigenvalue weighted by Gasteiger charge is -2.11. The van der Waals surface area contributed by atoms with Gasteiger partial charge in [-0.25, -0.2) is 4.79 Å². The zero-order valence-corrected chi connectivity index (χ0v) is 14.4. The summed E-state index contributed by atoms with van der Waals surface area (Å²) in [7, 11) is 0. The minimum Gasteiger partial charge on any atom is -0.478 e. The average molecular weight is 330 g/mol. The number of hydrogen-bond acceptors (Lipinski definition) is 1. The van der Waals surface area contributed by atoms with Crippen molar-refractivity contribution in [1.29, 1.82) is 0 Å². The van der Waals surface area contributed by atoms with Crippen LogP contribution in [0.4, 0.5) is 0 Å². The van der Waals surface area contributed by atoms with Crippen LogP contribution in [-0.2, 0) is 12.8 Å². The standard InChI is InChI=1S/C23H22O2/c1-17-8-2-3-9-18(17)11-6-12-19-10-4-5-15-22(19)20-13-7-14-21(16-20)23(24)25/h2-5,7-10,13-16H,6,11-12H2,1H3,(H,24,25). The molecule has 0 fully saturated rings. The lowest BCUT2D eigenvalue weighted by atomic mass is 9.94. The molecule has 3 rings (SSSR count). The van der Waals surface area contributed by atoms with Gasteiger partial charge >= 0.3 is 5.97 Å². The molecule has 0 aliphatic heterocycles. The Labute approximate surface area is 148 Å². The molecule has 126 valence electrons. The van der Waals surface area contributed by atoms with E-state index in [9.17, 15) is 9.90 Å². The Bertz CT molecular complexity index is 881. The Morgan fingerprint density at radius 2 is 1.52 bits per heavy atom. The van der Waals surface area contributed by atoms with Gasteiger partial charge in [0.1, 0.15) is 0 Å². The van der Waals surface area contributed by atoms with Gasteiger partial charge in [0.2, 0.25) is 0 Å². The topological polar surface area (TPSA) is 37.3 Å². The van der Waals surface area contributed by atoms with Crippen LogP contribution in [0.15, 0.2) is 72.8 Å². The van der Waals surface area contributed by atoms with Crippen LogP contribution in [0.25, 0.3) is 11.1 Å². The predicted molar refractivity (Wildman–Crippen MR) is 102 cm³/mol. The van der Waals surface area contributed by atoms with E-state index in [1.165, 1.54) is 16.7 Å².